The summed E-state index contributed by atoms with van der Waals surface area (Å²) in [7, 11) is -0.839. The highest BCUT2D eigenvalue weighted by molar-refractivity contribution is 7.54. The molecule has 0 radical (unpaired) electrons. The maximum absolute atomic E-state index is 11.3. The van der Waals surface area contributed by atoms with Gasteiger partial charge in [-0.25, -0.2) is 0 Å². The van der Waals surface area contributed by atoms with Crippen molar-refractivity contribution in [1.82, 2.24) is 0 Å². The van der Waals surface area contributed by atoms with Crippen molar-refractivity contribution >= 4 is 7.60 Å². The van der Waals surface area contributed by atoms with Crippen molar-refractivity contribution in [2.45, 2.75) is 12.3 Å². The largest absolute Gasteiger partial charge is 0.380 e. The lowest BCUT2D eigenvalue weighted by Gasteiger charge is -2.17. The molecule has 0 amide bonds. The molecule has 0 saturated carbocycles. The van der Waals surface area contributed by atoms with Gasteiger partial charge in [0.25, 0.3) is 0 Å². The first-order valence-corrected chi connectivity index (χ1v) is 4.72. The van der Waals surface area contributed by atoms with Gasteiger partial charge in [-0.05, 0) is 0 Å². The maximum Gasteiger partial charge on any atom is 0.358 e. The lowest BCUT2D eigenvalue weighted by Crippen LogP contribution is -2.08. The Labute approximate surface area is 66.4 Å². The zero-order valence-electron chi connectivity index (χ0n) is 6.69. The molecule has 0 unspecified atom stereocenters. The van der Waals surface area contributed by atoms with Gasteiger partial charge in [-0.3, -0.25) is 4.57 Å². The van der Waals surface area contributed by atoms with Crippen molar-refractivity contribution in [3.05, 3.63) is 12.7 Å². The molecule has 0 aliphatic heterocycles. The molecule has 0 spiro atoms. The van der Waals surface area contributed by atoms with E-state index in [1.807, 2.05) is 0 Å². The molecule has 0 aromatic carbocycles. The molecule has 0 bridgehead atoms. The monoisotopic (exact) mass is 180 g/mol. The van der Waals surface area contributed by atoms with Crippen LogP contribution in [0, 0.1) is 0 Å². The first-order valence-electron chi connectivity index (χ1n) is 3.11. The van der Waals surface area contributed by atoms with E-state index in [9.17, 15) is 9.67 Å². The van der Waals surface area contributed by atoms with E-state index < -0.39 is 13.4 Å². The highest BCUT2D eigenvalue weighted by atomic mass is 31.2. The van der Waals surface area contributed by atoms with Crippen molar-refractivity contribution in [3.8, 4) is 0 Å². The second-order valence-corrected chi connectivity index (χ2v) is 4.32. The Morgan fingerprint density at radius 3 is 2.36 bits per heavy atom. The van der Waals surface area contributed by atoms with E-state index >= 15 is 0 Å². The molecular formula is C6H13O4P. The predicted molar refractivity (Wildman–Crippen MR) is 42.4 cm³/mol. The van der Waals surface area contributed by atoms with Crippen molar-refractivity contribution in [1.29, 1.82) is 0 Å². The van der Waals surface area contributed by atoms with Gasteiger partial charge < -0.3 is 14.2 Å². The van der Waals surface area contributed by atoms with E-state index in [1.165, 1.54) is 20.3 Å². The van der Waals surface area contributed by atoms with Gasteiger partial charge in [0, 0.05) is 20.6 Å². The molecule has 1 atom stereocenters. The Balaban J connectivity index is 4.24. The fourth-order valence-electron chi connectivity index (χ4n) is 0.596. The topological polar surface area (TPSA) is 55.8 Å². The van der Waals surface area contributed by atoms with E-state index in [0.717, 1.165) is 0 Å². The van der Waals surface area contributed by atoms with Crippen LogP contribution >= 0.6 is 7.60 Å². The van der Waals surface area contributed by atoms with Gasteiger partial charge in [-0.15, -0.1) is 6.58 Å². The average Bonchev–Trinajstić information content (AvgIpc) is 2.03. The van der Waals surface area contributed by atoms with Gasteiger partial charge in [-0.1, -0.05) is 6.08 Å². The molecule has 0 heterocycles. The molecule has 4 nitrogen and oxygen atoms in total. The van der Waals surface area contributed by atoms with Crippen LogP contribution in [0.2, 0.25) is 0 Å². The molecule has 1 N–H and O–H groups in total. The number of hydrogen-bond acceptors (Lipinski definition) is 4. The van der Waals surface area contributed by atoms with Crippen LogP contribution in [0.1, 0.15) is 6.42 Å². The minimum atomic E-state index is -3.30. The summed E-state index contributed by atoms with van der Waals surface area (Å²) in [6.07, 6.45) is 1.65. The van der Waals surface area contributed by atoms with E-state index in [-0.39, 0.29) is 6.42 Å². The Bertz CT molecular complexity index is 160. The van der Waals surface area contributed by atoms with Crippen LogP contribution in [0.3, 0.4) is 0 Å². The molecule has 0 fully saturated rings. The van der Waals surface area contributed by atoms with Gasteiger partial charge in [0.1, 0.15) is 0 Å². The summed E-state index contributed by atoms with van der Waals surface area (Å²) >= 11 is 0. The average molecular weight is 180 g/mol. The molecule has 0 aliphatic rings. The third kappa shape index (κ3) is 2.75. The third-order valence-electron chi connectivity index (χ3n) is 1.25. The highest BCUT2D eigenvalue weighted by Crippen LogP contribution is 2.51. The van der Waals surface area contributed by atoms with Crippen molar-refractivity contribution < 1.29 is 18.7 Å². The van der Waals surface area contributed by atoms with Crippen LogP contribution in [-0.2, 0) is 13.6 Å². The summed E-state index contributed by atoms with van der Waals surface area (Å²) in [5, 5.41) is 9.18. The quantitative estimate of drug-likeness (QED) is 0.512. The fourth-order valence-corrected chi connectivity index (χ4v) is 1.64. The van der Waals surface area contributed by atoms with Crippen molar-refractivity contribution in [2.75, 3.05) is 14.2 Å². The minimum absolute atomic E-state index is 0.193. The Kier molecular flexibility index (Phi) is 4.61. The molecule has 0 aliphatic carbocycles. The smallest absolute Gasteiger partial charge is 0.358 e. The molecule has 0 rings (SSSR count). The SMILES string of the molecule is C=CC[C@@H](O)P(=O)(OC)OC. The summed E-state index contributed by atoms with van der Waals surface area (Å²) in [5.41, 5.74) is 0. The van der Waals surface area contributed by atoms with E-state index in [0.29, 0.717) is 0 Å². The van der Waals surface area contributed by atoms with Gasteiger partial charge in [0.15, 0.2) is 5.85 Å². The highest BCUT2D eigenvalue weighted by Gasteiger charge is 2.30. The standard InChI is InChI=1S/C6H13O4P/c1-4-5-6(7)11(8,9-2)10-3/h4,6-7H,1,5H2,2-3H3/t6-/m0/s1. The van der Waals surface area contributed by atoms with Crippen molar-refractivity contribution in [3.63, 3.8) is 0 Å². The number of aliphatic hydroxyl groups is 1. The molecule has 0 aromatic heterocycles. The fraction of sp³-hybridized carbons (Fsp3) is 0.667. The van der Waals surface area contributed by atoms with Crippen LogP contribution < -0.4 is 0 Å². The predicted octanol–water partition coefficient (Wildman–Crippen LogP) is 1.37. The summed E-state index contributed by atoms with van der Waals surface area (Å²) in [5.74, 6) is -1.12. The van der Waals surface area contributed by atoms with Crippen LogP contribution in [0.5, 0.6) is 0 Å². The number of hydrogen-bond donors (Lipinski definition) is 1. The zero-order chi connectivity index (χ0) is 8.91. The third-order valence-corrected chi connectivity index (χ3v) is 3.21. The molecule has 66 valence electrons. The van der Waals surface area contributed by atoms with Crippen LogP contribution in [0.15, 0.2) is 12.7 Å². The molecular weight excluding hydrogens is 167 g/mol. The van der Waals surface area contributed by atoms with E-state index in [4.69, 9.17) is 0 Å². The summed E-state index contributed by atoms with van der Waals surface area (Å²) in [6.45, 7) is 3.39. The molecule has 5 heteroatoms. The first kappa shape index (κ1) is 10.8. The Hall–Kier alpha value is -0.150. The molecule has 0 aromatic rings. The van der Waals surface area contributed by atoms with Crippen LogP contribution in [-0.4, -0.2) is 25.2 Å². The minimum Gasteiger partial charge on any atom is -0.380 e. The van der Waals surface area contributed by atoms with Gasteiger partial charge in [0.05, 0.1) is 0 Å². The number of rotatable bonds is 5. The lowest BCUT2D eigenvalue weighted by molar-refractivity contribution is 0.176. The lowest BCUT2D eigenvalue weighted by atomic mass is 10.5. The van der Waals surface area contributed by atoms with Gasteiger partial charge in [0.2, 0.25) is 0 Å². The second kappa shape index (κ2) is 4.67. The summed E-state index contributed by atoms with van der Waals surface area (Å²) < 4.78 is 20.4. The van der Waals surface area contributed by atoms with Gasteiger partial charge in [-0.2, -0.15) is 0 Å². The Morgan fingerprint density at radius 2 is 2.09 bits per heavy atom. The summed E-state index contributed by atoms with van der Waals surface area (Å²) in [6, 6.07) is 0. The Morgan fingerprint density at radius 1 is 1.64 bits per heavy atom. The normalized spacial score (nSPS) is 14.5. The summed E-state index contributed by atoms with van der Waals surface area (Å²) in [4.78, 5) is 0. The molecule has 0 saturated heterocycles. The molecule has 11 heavy (non-hydrogen) atoms. The van der Waals surface area contributed by atoms with E-state index in [2.05, 4.69) is 15.6 Å². The van der Waals surface area contributed by atoms with Crippen molar-refractivity contribution in [2.24, 2.45) is 0 Å². The van der Waals surface area contributed by atoms with Gasteiger partial charge >= 0.3 is 7.60 Å². The zero-order valence-corrected chi connectivity index (χ0v) is 7.58. The number of aliphatic hydroxyl groups excluding tert-OH is 1. The van der Waals surface area contributed by atoms with E-state index in [1.54, 1.807) is 0 Å². The maximum atomic E-state index is 11.3. The first-order chi connectivity index (χ1) is 5.10. The van der Waals surface area contributed by atoms with Crippen LogP contribution in [0.25, 0.3) is 0 Å². The van der Waals surface area contributed by atoms with Crippen LogP contribution in [0.4, 0.5) is 0 Å². The second-order valence-electron chi connectivity index (χ2n) is 1.91.